The molecule has 2 saturated heterocycles. The van der Waals surface area contributed by atoms with Crippen molar-refractivity contribution in [2.24, 2.45) is 29.0 Å². The summed E-state index contributed by atoms with van der Waals surface area (Å²) in [5.41, 5.74) is 28.2. The first-order valence-electron chi connectivity index (χ1n) is 25.1. The van der Waals surface area contributed by atoms with Crippen molar-refractivity contribution in [3.05, 3.63) is 69.1 Å². The Balaban J connectivity index is 0.000000156. The van der Waals surface area contributed by atoms with Crippen LogP contribution in [0, 0.1) is 11.8 Å². The molecule has 6 aromatic heterocycles. The van der Waals surface area contributed by atoms with E-state index in [4.69, 9.17) is 31.9 Å². The highest BCUT2D eigenvalue weighted by atomic mass is 35.5. The number of carbonyl (C=O) groups excluding carboxylic acids is 4. The van der Waals surface area contributed by atoms with Crippen LogP contribution in [0.5, 0.6) is 0 Å². The maximum Gasteiger partial charge on any atom is 0.410 e. The fraction of sp³-hybridized carbons (Fsp3) is 0.500. The number of rotatable bonds is 10. The number of hydrogen-bond acceptors (Lipinski definition) is 18. The van der Waals surface area contributed by atoms with E-state index in [9.17, 15) is 19.2 Å². The van der Waals surface area contributed by atoms with Crippen LogP contribution in [0.15, 0.2) is 34.1 Å². The number of H-pyrrole nitrogens is 1. The summed E-state index contributed by atoms with van der Waals surface area (Å²) >= 11 is 4.48. The van der Waals surface area contributed by atoms with Gasteiger partial charge in [-0.25, -0.2) is 34.7 Å². The van der Waals surface area contributed by atoms with Crippen LogP contribution in [0.3, 0.4) is 0 Å². The number of likely N-dealkylation sites (tertiary alicyclic amines) is 1. The van der Waals surface area contributed by atoms with Gasteiger partial charge in [-0.05, 0) is 145 Å². The summed E-state index contributed by atoms with van der Waals surface area (Å²) in [6.45, 7) is 10.4. The van der Waals surface area contributed by atoms with Gasteiger partial charge in [0.2, 0.25) is 0 Å². The highest BCUT2D eigenvalue weighted by Crippen LogP contribution is 2.38. The fourth-order valence-corrected chi connectivity index (χ4v) is 11.3. The van der Waals surface area contributed by atoms with Gasteiger partial charge in [0.15, 0.2) is 26.9 Å². The number of halogens is 1. The number of piperidine rings is 2. The molecule has 0 bridgehead atoms. The van der Waals surface area contributed by atoms with Crippen molar-refractivity contribution in [3.8, 4) is 34.2 Å². The highest BCUT2D eigenvalue weighted by Gasteiger charge is 2.34. The molecular weight excluding hydrogens is 1050 g/mol. The van der Waals surface area contributed by atoms with Gasteiger partial charge < -0.3 is 32.2 Å². The number of ether oxygens (including phenoxy) is 1. The third-order valence-corrected chi connectivity index (χ3v) is 15.6. The van der Waals surface area contributed by atoms with Crippen LogP contribution in [0.4, 0.5) is 4.79 Å². The maximum absolute atomic E-state index is 12.4. The van der Waals surface area contributed by atoms with Gasteiger partial charge in [-0.1, -0.05) is 35.3 Å². The normalized spacial score (nSPS) is 15.6. The van der Waals surface area contributed by atoms with Crippen LogP contribution in [0.1, 0.15) is 111 Å². The Kier molecular flexibility index (Phi) is 17.7. The van der Waals surface area contributed by atoms with E-state index >= 15 is 0 Å². The second-order valence-electron chi connectivity index (χ2n) is 20.0. The first-order valence-corrected chi connectivity index (χ1v) is 28.8. The SMILES string of the molecule is CSc1ncc2c(n1)-c1c(c(C(N)=O)nn1CC1CCN(C(=O)OC(C)(C)C)CC1)CC2.CSc1ncc2c(n1)-c1c(c(C(N)=O)nn1CC1CCNCC1)CC2.CSc1ncc2c(n1)-c1n[nH]c(C(N)=O)c1CC2.Cl. The number of thioether (sulfide) groups is 3. The molecule has 22 nitrogen and oxygen atoms in total. The highest BCUT2D eigenvalue weighted by molar-refractivity contribution is 7.98. The number of aromatic amines is 1. The zero-order chi connectivity index (χ0) is 53.1. The molecule has 76 heavy (non-hydrogen) atoms. The lowest BCUT2D eigenvalue weighted by Gasteiger charge is -2.33. The second kappa shape index (κ2) is 24.0. The van der Waals surface area contributed by atoms with Crippen LogP contribution >= 0.6 is 47.7 Å². The van der Waals surface area contributed by atoms with E-state index in [0.29, 0.717) is 65.3 Å². The van der Waals surface area contributed by atoms with Crippen LogP contribution in [0.2, 0.25) is 0 Å². The molecule has 0 radical (unpaired) electrons. The van der Waals surface area contributed by atoms with Crippen LogP contribution < -0.4 is 22.5 Å². The van der Waals surface area contributed by atoms with E-state index in [1.165, 1.54) is 35.3 Å². The van der Waals surface area contributed by atoms with Gasteiger partial charge in [0, 0.05) is 61.5 Å². The summed E-state index contributed by atoms with van der Waals surface area (Å²) in [5.74, 6) is -0.569. The van der Waals surface area contributed by atoms with Gasteiger partial charge in [0.25, 0.3) is 17.7 Å². The van der Waals surface area contributed by atoms with Gasteiger partial charge in [-0.3, -0.25) is 28.8 Å². The molecule has 0 saturated carbocycles. The monoisotopic (exact) mass is 1110 g/mol. The molecule has 26 heteroatoms. The molecule has 11 rings (SSSR count). The van der Waals surface area contributed by atoms with E-state index in [0.717, 1.165) is 150 Å². The van der Waals surface area contributed by atoms with E-state index in [1.807, 2.05) is 67.5 Å². The van der Waals surface area contributed by atoms with Crippen molar-refractivity contribution in [2.45, 2.75) is 119 Å². The van der Waals surface area contributed by atoms with Crippen LogP contribution in [-0.4, -0.2) is 139 Å². The van der Waals surface area contributed by atoms with Gasteiger partial charge in [0.05, 0.1) is 28.5 Å². The Labute approximate surface area is 459 Å². The molecule has 0 spiro atoms. The third-order valence-electron chi connectivity index (χ3n) is 13.9. The summed E-state index contributed by atoms with van der Waals surface area (Å²) in [7, 11) is 0. The third kappa shape index (κ3) is 12.2. The quantitative estimate of drug-likeness (QED) is 0.0850. The zero-order valence-corrected chi connectivity index (χ0v) is 46.7. The summed E-state index contributed by atoms with van der Waals surface area (Å²) in [6, 6.07) is 0. The minimum atomic E-state index is -0.512. The summed E-state index contributed by atoms with van der Waals surface area (Å²) in [5, 5.41) is 21.6. The number of nitrogens with one attached hydrogen (secondary N) is 2. The molecule has 8 heterocycles. The standard InChI is InChI=1S/C22H30N6O3S.C17H22N6OS.C11H11N5OS.ClH/c1-22(2,3)31-21(30)27-9-7-13(8-10-27)12-28-18-15(17(26-28)19(23)29)6-5-14-11-24-20(32-4)25-16(14)18;1-25-17-20-8-11-2-3-12-14(16(18)24)22-23(15(12)13(11)21-17)9-10-4-6-19-7-5-10;1-18-11-13-4-5-2-3-6-8(7(5)14-11)15-16-9(6)10(12)17;/h11,13H,5-10,12H2,1-4H3,(H2,23,29);8,10,19H,2-7,9H2,1H3,(H2,18,24);4H,2-3H2,1H3,(H2,12,17)(H,15,16);1H. The van der Waals surface area contributed by atoms with E-state index < -0.39 is 23.3 Å². The molecule has 404 valence electrons. The Morgan fingerprint density at radius 3 is 1.49 bits per heavy atom. The molecule has 2 aliphatic heterocycles. The summed E-state index contributed by atoms with van der Waals surface area (Å²) < 4.78 is 9.37. The number of primary amides is 3. The number of amides is 4. The molecule has 0 unspecified atom stereocenters. The minimum absolute atomic E-state index is 0. The van der Waals surface area contributed by atoms with E-state index in [-0.39, 0.29) is 18.5 Å². The lowest BCUT2D eigenvalue weighted by molar-refractivity contribution is 0.0176. The Bertz CT molecular complexity index is 3140. The number of aryl methyl sites for hydroxylation is 3. The fourth-order valence-electron chi connectivity index (χ4n) is 10.3. The summed E-state index contributed by atoms with van der Waals surface area (Å²) in [6.07, 6.45) is 19.7. The number of nitrogens with two attached hydrogens (primary N) is 3. The Morgan fingerprint density at radius 1 is 0.618 bits per heavy atom. The van der Waals surface area contributed by atoms with Crippen molar-refractivity contribution in [2.75, 3.05) is 44.9 Å². The average molecular weight is 1110 g/mol. The van der Waals surface area contributed by atoms with Gasteiger partial charge in [-0.2, -0.15) is 15.3 Å². The molecule has 8 N–H and O–H groups in total. The van der Waals surface area contributed by atoms with E-state index in [2.05, 4.69) is 45.6 Å². The topological polar surface area (TPSA) is 312 Å². The largest absolute Gasteiger partial charge is 0.444 e. The molecule has 3 aliphatic carbocycles. The van der Waals surface area contributed by atoms with E-state index in [1.54, 1.807) is 4.90 Å². The number of hydrogen-bond donors (Lipinski definition) is 5. The summed E-state index contributed by atoms with van der Waals surface area (Å²) in [4.78, 5) is 76.4. The molecule has 2 fully saturated rings. The number of nitrogens with zero attached hydrogens (tertiary/aromatic N) is 12. The van der Waals surface area contributed by atoms with Crippen LogP contribution in [-0.2, 0) is 56.4 Å². The minimum Gasteiger partial charge on any atom is -0.444 e. The van der Waals surface area contributed by atoms with Crippen molar-refractivity contribution in [1.82, 2.24) is 69.9 Å². The maximum atomic E-state index is 12.4. The second-order valence-corrected chi connectivity index (χ2v) is 22.4. The Morgan fingerprint density at radius 2 is 1.05 bits per heavy atom. The molecule has 0 atom stereocenters. The first kappa shape index (κ1) is 56.1. The molecule has 6 aromatic rings. The predicted molar refractivity (Wildman–Crippen MR) is 293 cm³/mol. The smallest absolute Gasteiger partial charge is 0.410 e. The number of aromatic nitrogens is 12. The first-order chi connectivity index (χ1) is 36.0. The molecule has 4 amide bonds. The van der Waals surface area contributed by atoms with Crippen LogP contribution in [0.25, 0.3) is 34.2 Å². The van der Waals surface area contributed by atoms with Crippen molar-refractivity contribution >= 4 is 71.5 Å². The number of fused-ring (bicyclic) bond motifs is 9. The molecular formula is C50H64ClN17O5S3. The average Bonchev–Trinajstić information content (AvgIpc) is 4.14. The van der Waals surface area contributed by atoms with Crippen molar-refractivity contribution in [1.29, 1.82) is 0 Å². The predicted octanol–water partition coefficient (Wildman–Crippen LogP) is 5.37. The zero-order valence-electron chi connectivity index (χ0n) is 43.5. The van der Waals surface area contributed by atoms with Crippen molar-refractivity contribution < 1.29 is 23.9 Å². The number of carbonyl (C=O) groups is 4. The lowest BCUT2D eigenvalue weighted by Crippen LogP contribution is -2.42. The van der Waals surface area contributed by atoms with Crippen molar-refractivity contribution in [3.63, 3.8) is 0 Å². The van der Waals surface area contributed by atoms with Gasteiger partial charge in [-0.15, -0.1) is 12.4 Å². The molecule has 0 aromatic carbocycles. The molecule has 5 aliphatic rings. The Hall–Kier alpha value is -6.15. The van der Waals surface area contributed by atoms with Gasteiger partial charge in [0.1, 0.15) is 17.0 Å². The lowest BCUT2D eigenvalue weighted by atomic mass is 9.92. The van der Waals surface area contributed by atoms with Gasteiger partial charge >= 0.3 is 6.09 Å².